The van der Waals surface area contributed by atoms with E-state index in [1.54, 1.807) is 0 Å². The minimum atomic E-state index is -0.587. The third-order valence-electron chi connectivity index (χ3n) is 2.75. The number of nitroso groups, excluding NO2 is 1. The topological polar surface area (TPSA) is 96.2 Å². The third kappa shape index (κ3) is 2.17. The Kier molecular flexibility index (Phi) is 3.01. The first-order valence-corrected chi connectivity index (χ1v) is 5.29. The summed E-state index contributed by atoms with van der Waals surface area (Å²) in [6.45, 7) is 3.32. The lowest BCUT2D eigenvalue weighted by molar-refractivity contribution is -0.140. The van der Waals surface area contributed by atoms with E-state index in [2.05, 4.69) is 11.8 Å². The number of carbonyl (C=O) groups is 1. The number of phenolic OH excluding ortho intramolecular Hbond substituents is 1. The van der Waals surface area contributed by atoms with Crippen LogP contribution in [0, 0.1) is 10.8 Å². The second-order valence-electron chi connectivity index (χ2n) is 4.13. The molecule has 1 aromatic rings. The minimum Gasteiger partial charge on any atom is -0.513 e. The molecule has 0 aromatic heterocycles. The van der Waals surface area contributed by atoms with E-state index in [9.17, 15) is 14.8 Å². The van der Waals surface area contributed by atoms with Crippen LogP contribution < -0.4 is 4.74 Å². The van der Waals surface area contributed by atoms with Gasteiger partial charge in [0.2, 0.25) is 0 Å². The van der Waals surface area contributed by atoms with Gasteiger partial charge in [-0.2, -0.15) is 0 Å². The summed E-state index contributed by atoms with van der Waals surface area (Å²) in [6.07, 6.45) is 0.296. The van der Waals surface area contributed by atoms with Crippen LogP contribution in [0.1, 0.15) is 12.0 Å². The number of nitrogens with zero attached hydrogens (tertiary/aromatic N) is 1. The highest BCUT2D eigenvalue weighted by Crippen LogP contribution is 2.39. The minimum absolute atomic E-state index is 0.0101. The molecule has 6 nitrogen and oxygen atoms in total. The molecule has 94 valence electrons. The molecule has 0 amide bonds. The van der Waals surface area contributed by atoms with Gasteiger partial charge in [-0.3, -0.25) is 4.79 Å². The SMILES string of the molecule is C=C(O)CC1Cc2c(O)cc(N=O)cc2OC1=O. The summed E-state index contributed by atoms with van der Waals surface area (Å²) in [6, 6.07) is 2.50. The fourth-order valence-electron chi connectivity index (χ4n) is 1.93. The zero-order valence-electron chi connectivity index (χ0n) is 9.42. The van der Waals surface area contributed by atoms with E-state index in [4.69, 9.17) is 9.84 Å². The highest BCUT2D eigenvalue weighted by Gasteiger charge is 2.31. The number of allylic oxidation sites excluding steroid dienone is 1. The second kappa shape index (κ2) is 4.48. The molecule has 1 atom stereocenters. The predicted octanol–water partition coefficient (Wildman–Crippen LogP) is 2.33. The van der Waals surface area contributed by atoms with Gasteiger partial charge in [-0.25, -0.2) is 0 Å². The highest BCUT2D eigenvalue weighted by atomic mass is 16.5. The molecule has 1 heterocycles. The van der Waals surface area contributed by atoms with E-state index in [1.165, 1.54) is 12.1 Å². The molecule has 1 aliphatic heterocycles. The van der Waals surface area contributed by atoms with Crippen LogP contribution in [0.15, 0.2) is 29.6 Å². The van der Waals surface area contributed by atoms with Gasteiger partial charge in [0.05, 0.1) is 11.7 Å². The van der Waals surface area contributed by atoms with Crippen LogP contribution in [0.4, 0.5) is 5.69 Å². The fourth-order valence-corrected chi connectivity index (χ4v) is 1.93. The van der Waals surface area contributed by atoms with Crippen molar-refractivity contribution in [1.29, 1.82) is 0 Å². The van der Waals surface area contributed by atoms with Crippen molar-refractivity contribution in [3.63, 3.8) is 0 Å². The van der Waals surface area contributed by atoms with Gasteiger partial charge in [0, 0.05) is 24.1 Å². The summed E-state index contributed by atoms with van der Waals surface area (Å²) < 4.78 is 5.02. The van der Waals surface area contributed by atoms with Gasteiger partial charge in [-0.05, 0) is 11.6 Å². The van der Waals surface area contributed by atoms with E-state index >= 15 is 0 Å². The molecule has 1 aromatic carbocycles. The summed E-state index contributed by atoms with van der Waals surface area (Å²) in [5, 5.41) is 21.5. The number of phenols is 1. The number of benzene rings is 1. The highest BCUT2D eigenvalue weighted by molar-refractivity contribution is 5.79. The van der Waals surface area contributed by atoms with Gasteiger partial charge in [-0.1, -0.05) is 6.58 Å². The molecule has 0 radical (unpaired) electrons. The lowest BCUT2D eigenvalue weighted by Gasteiger charge is -2.23. The molecule has 0 spiro atoms. The molecule has 1 aliphatic rings. The van der Waals surface area contributed by atoms with Crippen LogP contribution >= 0.6 is 0 Å². The zero-order chi connectivity index (χ0) is 13.3. The molecule has 6 heteroatoms. The van der Waals surface area contributed by atoms with Gasteiger partial charge in [0.1, 0.15) is 17.2 Å². The van der Waals surface area contributed by atoms with Crippen molar-refractivity contribution >= 4 is 11.7 Å². The molecule has 0 bridgehead atoms. The van der Waals surface area contributed by atoms with Crippen molar-refractivity contribution in [2.75, 3.05) is 0 Å². The molecule has 0 saturated heterocycles. The Morgan fingerprint density at radius 2 is 2.28 bits per heavy atom. The molecule has 0 fully saturated rings. The van der Waals surface area contributed by atoms with Crippen LogP contribution in [-0.4, -0.2) is 16.2 Å². The number of aliphatic hydroxyl groups excluding tert-OH is 1. The normalized spacial score (nSPS) is 17.8. The van der Waals surface area contributed by atoms with E-state index in [0.29, 0.717) is 5.56 Å². The van der Waals surface area contributed by atoms with Crippen molar-refractivity contribution in [3.8, 4) is 11.5 Å². The van der Waals surface area contributed by atoms with Crippen LogP contribution in [0.3, 0.4) is 0 Å². The molecule has 2 rings (SSSR count). The van der Waals surface area contributed by atoms with E-state index < -0.39 is 11.9 Å². The second-order valence-corrected chi connectivity index (χ2v) is 4.13. The first kappa shape index (κ1) is 12.1. The summed E-state index contributed by atoms with van der Waals surface area (Å²) in [5.74, 6) is -1.25. The monoisotopic (exact) mass is 249 g/mol. The van der Waals surface area contributed by atoms with Crippen LogP contribution in [0.2, 0.25) is 0 Å². The molecule has 18 heavy (non-hydrogen) atoms. The van der Waals surface area contributed by atoms with E-state index in [0.717, 1.165) is 0 Å². The fraction of sp³-hybridized carbons (Fsp3) is 0.250. The molecule has 2 N–H and O–H groups in total. The number of hydrogen-bond donors (Lipinski definition) is 2. The quantitative estimate of drug-likeness (QED) is 0.371. The number of hydrogen-bond acceptors (Lipinski definition) is 6. The van der Waals surface area contributed by atoms with Crippen molar-refractivity contribution in [3.05, 3.63) is 34.9 Å². The number of ether oxygens (including phenoxy) is 1. The van der Waals surface area contributed by atoms with E-state index in [-0.39, 0.29) is 35.8 Å². The Morgan fingerprint density at radius 1 is 1.56 bits per heavy atom. The number of esters is 1. The van der Waals surface area contributed by atoms with Gasteiger partial charge in [0.25, 0.3) is 0 Å². The summed E-state index contributed by atoms with van der Waals surface area (Å²) in [5.41, 5.74) is 0.414. The molecule has 0 aliphatic carbocycles. The number of rotatable bonds is 3. The first-order valence-electron chi connectivity index (χ1n) is 5.29. The molecule has 0 saturated carbocycles. The van der Waals surface area contributed by atoms with Crippen molar-refractivity contribution in [2.45, 2.75) is 12.8 Å². The maximum atomic E-state index is 11.6. The standard InChI is InChI=1S/C12H11NO5/c1-6(14)2-7-3-9-10(15)4-8(13-17)5-11(9)18-12(7)16/h4-5,7,14-15H,1-3H2. The Balaban J connectivity index is 2.36. The van der Waals surface area contributed by atoms with E-state index in [1.807, 2.05) is 0 Å². The van der Waals surface area contributed by atoms with Crippen molar-refractivity contribution < 1.29 is 19.7 Å². The number of aliphatic hydroxyl groups is 1. The lowest BCUT2D eigenvalue weighted by Crippen LogP contribution is -2.28. The van der Waals surface area contributed by atoms with Crippen LogP contribution in [-0.2, 0) is 11.2 Å². The summed E-state index contributed by atoms with van der Waals surface area (Å²) in [7, 11) is 0. The summed E-state index contributed by atoms with van der Waals surface area (Å²) >= 11 is 0. The Labute approximate surface area is 102 Å². The largest absolute Gasteiger partial charge is 0.513 e. The molecular weight excluding hydrogens is 238 g/mol. The number of carbonyl (C=O) groups excluding carboxylic acids is 1. The molecule has 1 unspecified atom stereocenters. The Morgan fingerprint density at radius 3 is 2.89 bits per heavy atom. The van der Waals surface area contributed by atoms with Gasteiger partial charge >= 0.3 is 5.97 Å². The van der Waals surface area contributed by atoms with Gasteiger partial charge in [0.15, 0.2) is 0 Å². The average molecular weight is 249 g/mol. The smallest absolute Gasteiger partial charge is 0.315 e. The maximum absolute atomic E-state index is 11.6. The third-order valence-corrected chi connectivity index (χ3v) is 2.75. The summed E-state index contributed by atoms with van der Waals surface area (Å²) in [4.78, 5) is 22.0. The van der Waals surface area contributed by atoms with Gasteiger partial charge < -0.3 is 14.9 Å². The average Bonchev–Trinajstić information content (AvgIpc) is 2.30. The Hall–Kier alpha value is -2.37. The Bertz CT molecular complexity index is 538. The number of aromatic hydroxyl groups is 1. The lowest BCUT2D eigenvalue weighted by atomic mass is 9.92. The van der Waals surface area contributed by atoms with Crippen molar-refractivity contribution in [2.24, 2.45) is 11.1 Å². The molecular formula is C12H11NO5. The van der Waals surface area contributed by atoms with Crippen LogP contribution in [0.25, 0.3) is 0 Å². The zero-order valence-corrected chi connectivity index (χ0v) is 9.42. The first-order chi connectivity index (χ1) is 8.51. The maximum Gasteiger partial charge on any atom is 0.315 e. The van der Waals surface area contributed by atoms with Crippen LogP contribution in [0.5, 0.6) is 11.5 Å². The predicted molar refractivity (Wildman–Crippen MR) is 62.8 cm³/mol. The number of fused-ring (bicyclic) bond motifs is 1. The van der Waals surface area contributed by atoms with Crippen molar-refractivity contribution in [1.82, 2.24) is 0 Å². The van der Waals surface area contributed by atoms with Gasteiger partial charge in [-0.15, -0.1) is 4.91 Å².